The van der Waals surface area contributed by atoms with Crippen molar-refractivity contribution < 1.29 is 14.3 Å². The normalized spacial score (nSPS) is 30.8. The minimum Gasteiger partial charge on any atom is -0.378 e. The molecule has 0 bridgehead atoms. The van der Waals surface area contributed by atoms with Crippen molar-refractivity contribution in [1.29, 1.82) is 0 Å². The molecule has 150 valence electrons. The molecule has 3 atom stereocenters. The first-order valence-corrected chi connectivity index (χ1v) is 10.4. The molecule has 1 aromatic rings. The third-order valence-electron chi connectivity index (χ3n) is 6.78. The zero-order valence-corrected chi connectivity index (χ0v) is 17.1. The molecular formula is C21H33N3O3. The second kappa shape index (κ2) is 7.21. The van der Waals surface area contributed by atoms with Crippen LogP contribution in [0.15, 0.2) is 6.07 Å². The molecule has 6 nitrogen and oxygen atoms in total. The van der Waals surface area contributed by atoms with E-state index >= 15 is 0 Å². The van der Waals surface area contributed by atoms with Crippen LogP contribution in [0.5, 0.6) is 0 Å². The van der Waals surface area contributed by atoms with Gasteiger partial charge in [-0.05, 0) is 56.4 Å². The smallest absolute Gasteiger partial charge is 0.272 e. The SMILES string of the molecule is CO[C@@]12CC[C@@H](OCC3CC3)C[C@@H]1N(C(=O)c1cc(C(C)C)nn1C)CC2. The highest BCUT2D eigenvalue weighted by Crippen LogP contribution is 2.44. The molecule has 3 fully saturated rings. The van der Waals surface area contributed by atoms with Crippen molar-refractivity contribution in [2.75, 3.05) is 20.3 Å². The maximum atomic E-state index is 13.4. The molecule has 0 N–H and O–H groups in total. The van der Waals surface area contributed by atoms with E-state index in [0.29, 0.717) is 11.6 Å². The van der Waals surface area contributed by atoms with Crippen molar-refractivity contribution in [2.45, 2.75) is 76.0 Å². The molecule has 1 amide bonds. The molecule has 1 aliphatic heterocycles. The van der Waals surface area contributed by atoms with E-state index in [2.05, 4.69) is 18.9 Å². The minimum absolute atomic E-state index is 0.0728. The number of likely N-dealkylation sites (tertiary alicyclic amines) is 1. The van der Waals surface area contributed by atoms with Gasteiger partial charge >= 0.3 is 0 Å². The second-order valence-electron chi connectivity index (χ2n) is 8.94. The zero-order chi connectivity index (χ0) is 19.2. The van der Waals surface area contributed by atoms with Gasteiger partial charge in [0.25, 0.3) is 5.91 Å². The van der Waals surface area contributed by atoms with Gasteiger partial charge in [0.05, 0.1) is 23.4 Å². The fourth-order valence-corrected chi connectivity index (χ4v) is 4.73. The van der Waals surface area contributed by atoms with E-state index in [1.54, 1.807) is 11.8 Å². The number of hydrogen-bond acceptors (Lipinski definition) is 4. The van der Waals surface area contributed by atoms with Crippen LogP contribution in [-0.2, 0) is 16.5 Å². The third kappa shape index (κ3) is 3.54. The second-order valence-corrected chi connectivity index (χ2v) is 8.94. The molecule has 2 aliphatic carbocycles. The van der Waals surface area contributed by atoms with Gasteiger partial charge in [0.15, 0.2) is 0 Å². The van der Waals surface area contributed by atoms with Gasteiger partial charge in [0, 0.05) is 27.3 Å². The molecule has 0 unspecified atom stereocenters. The highest BCUT2D eigenvalue weighted by atomic mass is 16.5. The largest absolute Gasteiger partial charge is 0.378 e. The summed E-state index contributed by atoms with van der Waals surface area (Å²) in [5, 5.41) is 4.53. The Balaban J connectivity index is 1.52. The van der Waals surface area contributed by atoms with Gasteiger partial charge < -0.3 is 14.4 Å². The quantitative estimate of drug-likeness (QED) is 0.767. The van der Waals surface area contributed by atoms with Crippen molar-refractivity contribution >= 4 is 5.91 Å². The summed E-state index contributed by atoms with van der Waals surface area (Å²) in [5.74, 6) is 1.15. The monoisotopic (exact) mass is 375 g/mol. The number of carbonyl (C=O) groups excluding carboxylic acids is 1. The van der Waals surface area contributed by atoms with E-state index in [1.807, 2.05) is 18.0 Å². The summed E-state index contributed by atoms with van der Waals surface area (Å²) < 4.78 is 13.9. The van der Waals surface area contributed by atoms with E-state index in [0.717, 1.165) is 50.4 Å². The number of nitrogens with zero attached hydrogens (tertiary/aromatic N) is 3. The molecule has 0 radical (unpaired) electrons. The lowest BCUT2D eigenvalue weighted by Crippen LogP contribution is -2.53. The topological polar surface area (TPSA) is 56.6 Å². The number of fused-ring (bicyclic) bond motifs is 1. The third-order valence-corrected chi connectivity index (χ3v) is 6.78. The van der Waals surface area contributed by atoms with Crippen LogP contribution < -0.4 is 0 Å². The molecule has 1 saturated heterocycles. The maximum Gasteiger partial charge on any atom is 0.272 e. The van der Waals surface area contributed by atoms with Crippen molar-refractivity contribution in [3.05, 3.63) is 17.5 Å². The number of amides is 1. The van der Waals surface area contributed by atoms with E-state index in [4.69, 9.17) is 9.47 Å². The Hall–Kier alpha value is -1.40. The average molecular weight is 376 g/mol. The Morgan fingerprint density at radius 3 is 2.74 bits per heavy atom. The summed E-state index contributed by atoms with van der Waals surface area (Å²) in [4.78, 5) is 15.4. The summed E-state index contributed by atoms with van der Waals surface area (Å²) in [6, 6.07) is 2.04. The first-order chi connectivity index (χ1) is 12.9. The molecule has 2 saturated carbocycles. The van der Waals surface area contributed by atoms with Gasteiger partial charge in [0.1, 0.15) is 5.69 Å². The van der Waals surface area contributed by atoms with E-state index in [-0.39, 0.29) is 23.7 Å². The van der Waals surface area contributed by atoms with Gasteiger partial charge in [-0.25, -0.2) is 0 Å². The predicted octanol–water partition coefficient (Wildman–Crippen LogP) is 3.12. The molecule has 0 aromatic carbocycles. The van der Waals surface area contributed by atoms with E-state index < -0.39 is 0 Å². The Bertz CT molecular complexity index is 697. The molecule has 0 spiro atoms. The summed E-state index contributed by atoms with van der Waals surface area (Å²) in [6.45, 7) is 5.83. The summed E-state index contributed by atoms with van der Waals surface area (Å²) >= 11 is 0. The molecule has 6 heteroatoms. The lowest BCUT2D eigenvalue weighted by atomic mass is 9.79. The van der Waals surface area contributed by atoms with Gasteiger partial charge in [-0.1, -0.05) is 13.8 Å². The van der Waals surface area contributed by atoms with Gasteiger partial charge in [-0.15, -0.1) is 0 Å². The maximum absolute atomic E-state index is 13.4. The number of aromatic nitrogens is 2. The minimum atomic E-state index is -0.214. The molecular weight excluding hydrogens is 342 g/mol. The number of methoxy groups -OCH3 is 1. The molecule has 3 aliphatic rings. The van der Waals surface area contributed by atoms with E-state index in [9.17, 15) is 4.79 Å². The van der Waals surface area contributed by atoms with Crippen molar-refractivity contribution in [3.8, 4) is 0 Å². The van der Waals surface area contributed by atoms with Crippen LogP contribution in [-0.4, -0.2) is 58.6 Å². The summed E-state index contributed by atoms with van der Waals surface area (Å²) in [7, 11) is 3.66. The number of carbonyl (C=O) groups is 1. The van der Waals surface area contributed by atoms with Gasteiger partial charge in [-0.2, -0.15) is 5.10 Å². The van der Waals surface area contributed by atoms with Crippen molar-refractivity contribution in [2.24, 2.45) is 13.0 Å². The molecule has 27 heavy (non-hydrogen) atoms. The Morgan fingerprint density at radius 1 is 1.33 bits per heavy atom. The number of aryl methyl sites for hydroxylation is 1. The van der Waals surface area contributed by atoms with Gasteiger partial charge in [0.2, 0.25) is 0 Å². The molecule has 1 aromatic heterocycles. The lowest BCUT2D eigenvalue weighted by Gasteiger charge is -2.43. The van der Waals surface area contributed by atoms with Crippen LogP contribution in [0.3, 0.4) is 0 Å². The first-order valence-electron chi connectivity index (χ1n) is 10.4. The lowest BCUT2D eigenvalue weighted by molar-refractivity contribution is -0.0977. The first kappa shape index (κ1) is 18.9. The Morgan fingerprint density at radius 2 is 2.11 bits per heavy atom. The van der Waals surface area contributed by atoms with E-state index in [1.165, 1.54) is 12.8 Å². The Labute approximate surface area is 162 Å². The fraction of sp³-hybridized carbons (Fsp3) is 0.810. The standard InChI is InChI=1S/C21H33N3O3/c1-14(2)17-12-18(23(3)22-17)20(25)24-10-9-21(26-4)8-7-16(11-19(21)24)27-13-15-5-6-15/h12,14-16,19H,5-11,13H2,1-4H3/t16-,19+,21-/m1/s1. The van der Waals surface area contributed by atoms with Crippen LogP contribution in [0.2, 0.25) is 0 Å². The fourth-order valence-electron chi connectivity index (χ4n) is 4.73. The van der Waals surface area contributed by atoms with Crippen LogP contribution in [0.4, 0.5) is 0 Å². The Kier molecular flexibility index (Phi) is 5.06. The summed E-state index contributed by atoms with van der Waals surface area (Å²) in [5.41, 5.74) is 1.42. The highest BCUT2D eigenvalue weighted by molar-refractivity contribution is 5.93. The predicted molar refractivity (Wildman–Crippen MR) is 103 cm³/mol. The zero-order valence-electron chi connectivity index (χ0n) is 17.1. The number of hydrogen-bond donors (Lipinski definition) is 0. The molecule has 4 rings (SSSR count). The van der Waals surface area contributed by atoms with Crippen LogP contribution in [0, 0.1) is 5.92 Å². The summed E-state index contributed by atoms with van der Waals surface area (Å²) in [6.07, 6.45) is 6.64. The number of ether oxygens (including phenoxy) is 2. The van der Waals surface area contributed by atoms with Crippen molar-refractivity contribution in [1.82, 2.24) is 14.7 Å². The van der Waals surface area contributed by atoms with Crippen molar-refractivity contribution in [3.63, 3.8) is 0 Å². The average Bonchev–Trinajstić information content (AvgIpc) is 3.29. The molecule has 2 heterocycles. The highest BCUT2D eigenvalue weighted by Gasteiger charge is 2.53. The van der Waals surface area contributed by atoms with Crippen LogP contribution in [0.25, 0.3) is 0 Å². The van der Waals surface area contributed by atoms with Gasteiger partial charge in [-0.3, -0.25) is 9.48 Å². The van der Waals surface area contributed by atoms with Crippen LogP contribution >= 0.6 is 0 Å². The number of rotatable bonds is 6. The van der Waals surface area contributed by atoms with Crippen LogP contribution in [0.1, 0.15) is 74.5 Å².